The molecule has 0 saturated carbocycles. The van der Waals surface area contributed by atoms with Gasteiger partial charge in [0.1, 0.15) is 5.52 Å². The summed E-state index contributed by atoms with van der Waals surface area (Å²) in [6.07, 6.45) is 2.27. The number of carbonyl (C=O) groups is 1. The fourth-order valence-electron chi connectivity index (χ4n) is 2.90. The van der Waals surface area contributed by atoms with Crippen molar-refractivity contribution in [1.29, 1.82) is 0 Å². The Balaban J connectivity index is 1.86. The SMILES string of the molecule is CN1CCC(C)(Cn2nnc3cc(C(=O)O)ccc32)CC1. The van der Waals surface area contributed by atoms with Crippen molar-refractivity contribution in [2.75, 3.05) is 20.1 Å². The number of carboxylic acid groups (broad SMARTS) is 1. The molecule has 0 spiro atoms. The number of hydrogen-bond donors (Lipinski definition) is 1. The summed E-state index contributed by atoms with van der Waals surface area (Å²) >= 11 is 0. The predicted molar refractivity (Wildman–Crippen MR) is 79.3 cm³/mol. The van der Waals surface area contributed by atoms with Crippen molar-refractivity contribution in [1.82, 2.24) is 19.9 Å². The Labute approximate surface area is 123 Å². The van der Waals surface area contributed by atoms with Crippen LogP contribution in [0.2, 0.25) is 0 Å². The van der Waals surface area contributed by atoms with Crippen molar-refractivity contribution in [3.05, 3.63) is 23.8 Å². The lowest BCUT2D eigenvalue weighted by Gasteiger charge is -2.37. The van der Waals surface area contributed by atoms with Gasteiger partial charge in [-0.2, -0.15) is 0 Å². The summed E-state index contributed by atoms with van der Waals surface area (Å²) in [6, 6.07) is 5.00. The Kier molecular flexibility index (Phi) is 3.41. The maximum Gasteiger partial charge on any atom is 0.335 e. The topological polar surface area (TPSA) is 71.2 Å². The molecular weight excluding hydrogens is 268 g/mol. The molecule has 112 valence electrons. The summed E-state index contributed by atoms with van der Waals surface area (Å²) in [7, 11) is 2.15. The molecule has 2 heterocycles. The van der Waals surface area contributed by atoms with Crippen LogP contribution < -0.4 is 0 Å². The third kappa shape index (κ3) is 2.76. The second kappa shape index (κ2) is 5.11. The third-order valence-electron chi connectivity index (χ3n) is 4.49. The number of benzene rings is 1. The highest BCUT2D eigenvalue weighted by molar-refractivity contribution is 5.92. The Morgan fingerprint density at radius 1 is 1.38 bits per heavy atom. The van der Waals surface area contributed by atoms with Crippen LogP contribution in [-0.2, 0) is 6.54 Å². The summed E-state index contributed by atoms with van der Waals surface area (Å²) in [4.78, 5) is 13.3. The van der Waals surface area contributed by atoms with Crippen molar-refractivity contribution in [2.45, 2.75) is 26.3 Å². The van der Waals surface area contributed by atoms with Crippen LogP contribution in [0.4, 0.5) is 0 Å². The normalized spacial score (nSPS) is 19.0. The molecule has 1 fully saturated rings. The Morgan fingerprint density at radius 3 is 2.76 bits per heavy atom. The number of aromatic carboxylic acids is 1. The Morgan fingerprint density at radius 2 is 2.10 bits per heavy atom. The summed E-state index contributed by atoms with van der Waals surface area (Å²) in [5, 5.41) is 17.3. The zero-order valence-electron chi connectivity index (χ0n) is 12.4. The van der Waals surface area contributed by atoms with Crippen LogP contribution in [0.15, 0.2) is 18.2 Å². The van der Waals surface area contributed by atoms with Crippen LogP contribution in [0, 0.1) is 5.41 Å². The molecule has 6 heteroatoms. The molecular formula is C15H20N4O2. The molecule has 0 radical (unpaired) electrons. The summed E-state index contributed by atoms with van der Waals surface area (Å²) in [5.74, 6) is -0.936. The van der Waals surface area contributed by atoms with Gasteiger partial charge < -0.3 is 10.0 Å². The second-order valence-electron chi connectivity index (χ2n) is 6.37. The highest BCUT2D eigenvalue weighted by Gasteiger charge is 2.30. The second-order valence-corrected chi connectivity index (χ2v) is 6.37. The number of piperidine rings is 1. The van der Waals surface area contributed by atoms with E-state index in [-0.39, 0.29) is 11.0 Å². The first-order valence-corrected chi connectivity index (χ1v) is 7.22. The lowest BCUT2D eigenvalue weighted by Crippen LogP contribution is -2.38. The maximum atomic E-state index is 11.0. The van der Waals surface area contributed by atoms with Crippen molar-refractivity contribution in [2.24, 2.45) is 5.41 Å². The van der Waals surface area contributed by atoms with Gasteiger partial charge in [-0.05, 0) is 56.6 Å². The largest absolute Gasteiger partial charge is 0.478 e. The van der Waals surface area contributed by atoms with E-state index in [1.54, 1.807) is 18.2 Å². The third-order valence-corrected chi connectivity index (χ3v) is 4.49. The lowest BCUT2D eigenvalue weighted by molar-refractivity contribution is 0.0697. The highest BCUT2D eigenvalue weighted by Crippen LogP contribution is 2.32. The molecule has 1 saturated heterocycles. The highest BCUT2D eigenvalue weighted by atomic mass is 16.4. The van der Waals surface area contributed by atoms with E-state index >= 15 is 0 Å². The van der Waals surface area contributed by atoms with Gasteiger partial charge in [0.2, 0.25) is 0 Å². The van der Waals surface area contributed by atoms with Gasteiger partial charge in [0.05, 0.1) is 11.1 Å². The minimum atomic E-state index is -0.936. The number of aromatic nitrogens is 3. The Bertz CT molecular complexity index is 671. The van der Waals surface area contributed by atoms with Crippen molar-refractivity contribution in [3.63, 3.8) is 0 Å². The standard InChI is InChI=1S/C15H20N4O2/c1-15(5-7-18(2)8-6-15)10-19-13-4-3-11(14(20)21)9-12(13)16-17-19/h3-4,9H,5-8,10H2,1-2H3,(H,20,21). The average molecular weight is 288 g/mol. The minimum absolute atomic E-state index is 0.221. The number of fused-ring (bicyclic) bond motifs is 1. The van der Waals surface area contributed by atoms with E-state index in [0.717, 1.165) is 38.0 Å². The van der Waals surface area contributed by atoms with E-state index in [9.17, 15) is 4.79 Å². The number of nitrogens with zero attached hydrogens (tertiary/aromatic N) is 4. The molecule has 6 nitrogen and oxygen atoms in total. The molecule has 1 aromatic heterocycles. The molecule has 0 atom stereocenters. The van der Waals surface area contributed by atoms with Crippen LogP contribution in [0.5, 0.6) is 0 Å². The Hall–Kier alpha value is -1.95. The smallest absolute Gasteiger partial charge is 0.335 e. The molecule has 1 aliphatic heterocycles. The zero-order valence-corrected chi connectivity index (χ0v) is 12.4. The first kappa shape index (κ1) is 14.0. The van der Waals surface area contributed by atoms with Crippen LogP contribution >= 0.6 is 0 Å². The molecule has 0 aliphatic carbocycles. The molecule has 1 aliphatic rings. The zero-order chi connectivity index (χ0) is 15.0. The van der Waals surface area contributed by atoms with Gasteiger partial charge in [0.25, 0.3) is 0 Å². The van der Waals surface area contributed by atoms with Gasteiger partial charge in [0.15, 0.2) is 0 Å². The maximum absolute atomic E-state index is 11.0. The molecule has 1 N–H and O–H groups in total. The van der Waals surface area contributed by atoms with E-state index in [0.29, 0.717) is 5.52 Å². The van der Waals surface area contributed by atoms with Crippen molar-refractivity contribution >= 4 is 17.0 Å². The number of carboxylic acids is 1. The molecule has 0 unspecified atom stereocenters. The van der Waals surface area contributed by atoms with E-state index in [1.807, 2.05) is 4.68 Å². The van der Waals surface area contributed by atoms with Crippen LogP contribution in [0.1, 0.15) is 30.1 Å². The van der Waals surface area contributed by atoms with Crippen LogP contribution in [0.25, 0.3) is 11.0 Å². The average Bonchev–Trinajstić information content (AvgIpc) is 2.84. The fraction of sp³-hybridized carbons (Fsp3) is 0.533. The van der Waals surface area contributed by atoms with Gasteiger partial charge in [-0.1, -0.05) is 12.1 Å². The summed E-state index contributed by atoms with van der Waals surface area (Å²) in [5.41, 5.74) is 2.02. The monoisotopic (exact) mass is 288 g/mol. The van der Waals surface area contributed by atoms with E-state index in [4.69, 9.17) is 5.11 Å². The molecule has 21 heavy (non-hydrogen) atoms. The first-order chi connectivity index (χ1) is 9.97. The molecule has 0 bridgehead atoms. The first-order valence-electron chi connectivity index (χ1n) is 7.22. The molecule has 3 rings (SSSR count). The van der Waals surface area contributed by atoms with E-state index in [2.05, 4.69) is 29.2 Å². The van der Waals surface area contributed by atoms with Crippen LogP contribution in [-0.4, -0.2) is 51.1 Å². The lowest BCUT2D eigenvalue weighted by atomic mass is 9.80. The van der Waals surface area contributed by atoms with Gasteiger partial charge >= 0.3 is 5.97 Å². The number of rotatable bonds is 3. The van der Waals surface area contributed by atoms with Gasteiger partial charge in [-0.3, -0.25) is 0 Å². The van der Waals surface area contributed by atoms with Crippen molar-refractivity contribution < 1.29 is 9.90 Å². The van der Waals surface area contributed by atoms with Gasteiger partial charge in [-0.15, -0.1) is 5.10 Å². The van der Waals surface area contributed by atoms with E-state index < -0.39 is 5.97 Å². The number of hydrogen-bond acceptors (Lipinski definition) is 4. The van der Waals surface area contributed by atoms with Gasteiger partial charge in [0, 0.05) is 6.54 Å². The molecule has 0 amide bonds. The summed E-state index contributed by atoms with van der Waals surface area (Å²) < 4.78 is 1.91. The predicted octanol–water partition coefficient (Wildman–Crippen LogP) is 1.86. The van der Waals surface area contributed by atoms with Crippen LogP contribution in [0.3, 0.4) is 0 Å². The molecule has 1 aromatic carbocycles. The fourth-order valence-corrected chi connectivity index (χ4v) is 2.90. The molecule has 2 aromatic rings. The number of likely N-dealkylation sites (tertiary alicyclic amines) is 1. The minimum Gasteiger partial charge on any atom is -0.478 e. The van der Waals surface area contributed by atoms with E-state index in [1.165, 1.54) is 0 Å². The quantitative estimate of drug-likeness (QED) is 0.933. The van der Waals surface area contributed by atoms with Crippen molar-refractivity contribution in [3.8, 4) is 0 Å². The summed E-state index contributed by atoms with van der Waals surface area (Å²) in [6.45, 7) is 5.32. The van der Waals surface area contributed by atoms with Gasteiger partial charge in [-0.25, -0.2) is 9.48 Å².